The van der Waals surface area contributed by atoms with Gasteiger partial charge in [-0.2, -0.15) is 9.78 Å². The maximum Gasteiger partial charge on any atom is 0.341 e. The standard InChI is InChI=1S/C19H20N8O4/c28-18(11-1-2-11)22-14-7-29-17-15(8-30-16(14)17)27-19(23-24-25-27)31-13-5-3-12(4-6-13)26-10-20-9-21-26/h3-6,9-11,14-17H,1-2,7-8H2,(H,22,28)/t14-,15+,16-,17+/m0/s1. The van der Waals surface area contributed by atoms with Crippen molar-refractivity contribution in [3.05, 3.63) is 36.9 Å². The van der Waals surface area contributed by atoms with Crippen LogP contribution in [0.3, 0.4) is 0 Å². The highest BCUT2D eigenvalue weighted by Crippen LogP contribution is 2.37. The van der Waals surface area contributed by atoms with Crippen molar-refractivity contribution in [2.75, 3.05) is 13.2 Å². The van der Waals surface area contributed by atoms with Crippen molar-refractivity contribution >= 4 is 5.91 Å². The SMILES string of the molecule is O=C(N[C@H]1CO[C@H]2[C@H]1OC[C@H]2n1nnnc1Oc1ccc(-n2cncn2)cc1)C1CC1. The molecule has 1 aliphatic carbocycles. The summed E-state index contributed by atoms with van der Waals surface area (Å²) in [6, 6.07) is 7.18. The van der Waals surface area contributed by atoms with E-state index in [1.165, 1.54) is 6.33 Å². The molecule has 2 saturated heterocycles. The van der Waals surface area contributed by atoms with Gasteiger partial charge in [0.1, 0.15) is 36.7 Å². The molecule has 6 rings (SSSR count). The summed E-state index contributed by atoms with van der Waals surface area (Å²) in [4.78, 5) is 16.1. The molecule has 31 heavy (non-hydrogen) atoms. The van der Waals surface area contributed by atoms with E-state index in [9.17, 15) is 4.79 Å². The normalized spacial score (nSPS) is 27.2. The van der Waals surface area contributed by atoms with Gasteiger partial charge in [0.25, 0.3) is 0 Å². The summed E-state index contributed by atoms with van der Waals surface area (Å²) < 4.78 is 21.1. The molecule has 3 fully saturated rings. The van der Waals surface area contributed by atoms with Crippen LogP contribution in [-0.2, 0) is 14.3 Å². The molecular weight excluding hydrogens is 404 g/mol. The van der Waals surface area contributed by atoms with E-state index >= 15 is 0 Å². The lowest BCUT2D eigenvalue weighted by molar-refractivity contribution is -0.123. The minimum atomic E-state index is -0.259. The van der Waals surface area contributed by atoms with E-state index in [2.05, 4.69) is 30.9 Å². The number of rotatable bonds is 6. The van der Waals surface area contributed by atoms with E-state index in [0.29, 0.717) is 19.0 Å². The molecule has 0 radical (unpaired) electrons. The maximum atomic E-state index is 12.1. The van der Waals surface area contributed by atoms with Gasteiger partial charge in [-0.1, -0.05) is 5.10 Å². The van der Waals surface area contributed by atoms with Crippen molar-refractivity contribution in [2.24, 2.45) is 5.92 Å². The number of ether oxygens (including phenoxy) is 3. The molecule has 1 amide bonds. The number of amides is 1. The van der Waals surface area contributed by atoms with Gasteiger partial charge in [-0.05, 0) is 47.5 Å². The number of tetrazole rings is 1. The van der Waals surface area contributed by atoms with E-state index < -0.39 is 0 Å². The minimum absolute atomic E-state index is 0.0853. The third-order valence-electron chi connectivity index (χ3n) is 5.81. The highest BCUT2D eigenvalue weighted by molar-refractivity contribution is 5.81. The monoisotopic (exact) mass is 424 g/mol. The third-order valence-corrected chi connectivity index (χ3v) is 5.81. The summed E-state index contributed by atoms with van der Waals surface area (Å²) in [5, 5.41) is 19.0. The van der Waals surface area contributed by atoms with Crippen LogP contribution < -0.4 is 10.1 Å². The molecule has 2 aromatic heterocycles. The van der Waals surface area contributed by atoms with E-state index in [0.717, 1.165) is 18.5 Å². The predicted molar refractivity (Wildman–Crippen MR) is 102 cm³/mol. The Kier molecular flexibility index (Phi) is 4.39. The average molecular weight is 424 g/mol. The Morgan fingerprint density at radius 2 is 1.97 bits per heavy atom. The van der Waals surface area contributed by atoms with Gasteiger partial charge in [0.2, 0.25) is 5.91 Å². The van der Waals surface area contributed by atoms with Crippen molar-refractivity contribution in [1.29, 1.82) is 0 Å². The second-order valence-electron chi connectivity index (χ2n) is 7.89. The van der Waals surface area contributed by atoms with Gasteiger partial charge >= 0.3 is 6.01 Å². The summed E-state index contributed by atoms with van der Waals surface area (Å²) in [5.41, 5.74) is 0.857. The number of carbonyl (C=O) groups is 1. The van der Waals surface area contributed by atoms with E-state index in [-0.39, 0.29) is 42.1 Å². The molecule has 1 aromatic carbocycles. The quantitative estimate of drug-likeness (QED) is 0.593. The minimum Gasteiger partial charge on any atom is -0.423 e. The molecule has 12 nitrogen and oxygen atoms in total. The molecule has 1 N–H and O–H groups in total. The topological polar surface area (TPSA) is 131 Å². The molecule has 0 bridgehead atoms. The van der Waals surface area contributed by atoms with Crippen molar-refractivity contribution in [2.45, 2.75) is 37.1 Å². The first-order valence-corrected chi connectivity index (χ1v) is 10.2. The third kappa shape index (κ3) is 3.43. The van der Waals surface area contributed by atoms with Gasteiger partial charge < -0.3 is 19.5 Å². The number of benzene rings is 1. The van der Waals surface area contributed by atoms with Crippen LogP contribution in [0.25, 0.3) is 5.69 Å². The average Bonchev–Trinajstić information content (AvgIpc) is 3.17. The lowest BCUT2D eigenvalue weighted by Crippen LogP contribution is -2.44. The lowest BCUT2D eigenvalue weighted by atomic mass is 10.1. The van der Waals surface area contributed by atoms with Crippen LogP contribution in [0.1, 0.15) is 18.9 Å². The van der Waals surface area contributed by atoms with Crippen molar-refractivity contribution in [1.82, 2.24) is 40.3 Å². The molecule has 3 aromatic rings. The first-order chi connectivity index (χ1) is 15.3. The number of nitrogens with zero attached hydrogens (tertiary/aromatic N) is 7. The maximum absolute atomic E-state index is 12.1. The van der Waals surface area contributed by atoms with Crippen LogP contribution in [0.2, 0.25) is 0 Å². The molecular formula is C19H20N8O4. The molecule has 4 heterocycles. The number of hydrogen-bond donors (Lipinski definition) is 1. The summed E-state index contributed by atoms with van der Waals surface area (Å²) >= 11 is 0. The number of aromatic nitrogens is 7. The Bertz CT molecular complexity index is 1070. The Labute approximate surface area is 176 Å². The number of carbonyl (C=O) groups excluding carboxylic acids is 1. The summed E-state index contributed by atoms with van der Waals surface area (Å²) in [5.74, 6) is 0.811. The number of hydrogen-bond acceptors (Lipinski definition) is 9. The number of nitrogens with one attached hydrogen (secondary N) is 1. The fraction of sp³-hybridized carbons (Fsp3) is 0.474. The van der Waals surface area contributed by atoms with Gasteiger partial charge in [-0.15, -0.1) is 0 Å². The molecule has 12 heteroatoms. The van der Waals surface area contributed by atoms with E-state index in [4.69, 9.17) is 14.2 Å². The van der Waals surface area contributed by atoms with Gasteiger partial charge in [0.05, 0.1) is 24.9 Å². The van der Waals surface area contributed by atoms with Crippen LogP contribution in [0.4, 0.5) is 0 Å². The number of fused-ring (bicyclic) bond motifs is 1. The Balaban J connectivity index is 1.15. The zero-order chi connectivity index (χ0) is 20.8. The first kappa shape index (κ1) is 18.4. The van der Waals surface area contributed by atoms with Gasteiger partial charge in [-0.3, -0.25) is 4.79 Å². The van der Waals surface area contributed by atoms with E-state index in [1.54, 1.807) is 27.8 Å². The van der Waals surface area contributed by atoms with E-state index in [1.807, 2.05) is 12.1 Å². The molecule has 1 saturated carbocycles. The van der Waals surface area contributed by atoms with Crippen LogP contribution in [0.5, 0.6) is 11.8 Å². The van der Waals surface area contributed by atoms with Crippen molar-refractivity contribution in [3.8, 4) is 17.4 Å². The summed E-state index contributed by atoms with van der Waals surface area (Å²) in [6.07, 6.45) is 4.53. The molecule has 0 spiro atoms. The molecule has 160 valence electrons. The highest BCUT2D eigenvalue weighted by atomic mass is 16.6. The largest absolute Gasteiger partial charge is 0.423 e. The van der Waals surface area contributed by atoms with Gasteiger partial charge in [-0.25, -0.2) is 9.67 Å². The fourth-order valence-corrected chi connectivity index (χ4v) is 4.03. The molecule has 4 atom stereocenters. The first-order valence-electron chi connectivity index (χ1n) is 10.2. The Morgan fingerprint density at radius 1 is 1.13 bits per heavy atom. The van der Waals surface area contributed by atoms with Crippen LogP contribution in [0.15, 0.2) is 36.9 Å². The second-order valence-corrected chi connectivity index (χ2v) is 7.89. The zero-order valence-electron chi connectivity index (χ0n) is 16.4. The summed E-state index contributed by atoms with van der Waals surface area (Å²) in [7, 11) is 0. The van der Waals surface area contributed by atoms with Gasteiger partial charge in [0.15, 0.2) is 0 Å². The van der Waals surface area contributed by atoms with Crippen LogP contribution in [-0.4, -0.2) is 72.3 Å². The second kappa shape index (κ2) is 7.39. The Morgan fingerprint density at radius 3 is 2.74 bits per heavy atom. The molecule has 3 aliphatic rings. The molecule has 0 unspecified atom stereocenters. The highest BCUT2D eigenvalue weighted by Gasteiger charge is 2.50. The Hall–Kier alpha value is -3.38. The fourth-order valence-electron chi connectivity index (χ4n) is 4.03. The van der Waals surface area contributed by atoms with Crippen molar-refractivity contribution < 1.29 is 19.0 Å². The zero-order valence-corrected chi connectivity index (χ0v) is 16.4. The molecule has 2 aliphatic heterocycles. The van der Waals surface area contributed by atoms with Crippen molar-refractivity contribution in [3.63, 3.8) is 0 Å². The van der Waals surface area contributed by atoms with Crippen LogP contribution in [0, 0.1) is 5.92 Å². The lowest BCUT2D eigenvalue weighted by Gasteiger charge is -2.18. The van der Waals surface area contributed by atoms with Crippen LogP contribution >= 0.6 is 0 Å². The predicted octanol–water partition coefficient (Wildman–Crippen LogP) is 0.280. The summed E-state index contributed by atoms with van der Waals surface area (Å²) in [6.45, 7) is 0.782. The van der Waals surface area contributed by atoms with Gasteiger partial charge in [0, 0.05) is 5.92 Å². The smallest absolute Gasteiger partial charge is 0.341 e.